The van der Waals surface area contributed by atoms with Crippen LogP contribution in [0.25, 0.3) is 0 Å². The van der Waals surface area contributed by atoms with Gasteiger partial charge in [0.2, 0.25) is 0 Å². The predicted octanol–water partition coefficient (Wildman–Crippen LogP) is 4.71. The van der Waals surface area contributed by atoms with Crippen molar-refractivity contribution >= 4 is 0 Å². The van der Waals surface area contributed by atoms with Gasteiger partial charge in [-0.2, -0.15) is 0 Å². The molecule has 3 nitrogen and oxygen atoms in total. The average Bonchev–Trinajstić information content (AvgIpc) is 2.89. The van der Waals surface area contributed by atoms with Crippen molar-refractivity contribution in [3.8, 4) is 0 Å². The lowest BCUT2D eigenvalue weighted by molar-refractivity contribution is -0.172. The zero-order valence-corrected chi connectivity index (χ0v) is 17.9. The Hall–Kier alpha value is -0.380. The summed E-state index contributed by atoms with van der Waals surface area (Å²) >= 11 is 0. The van der Waals surface area contributed by atoms with Crippen LogP contribution in [0.15, 0.2) is 12.2 Å². The van der Waals surface area contributed by atoms with Crippen molar-refractivity contribution < 1.29 is 14.9 Å². The van der Waals surface area contributed by atoms with E-state index in [9.17, 15) is 10.2 Å². The summed E-state index contributed by atoms with van der Waals surface area (Å²) in [6.45, 7) is 11.5. The van der Waals surface area contributed by atoms with Crippen molar-refractivity contribution in [1.29, 1.82) is 0 Å². The Bertz CT molecular complexity index is 617. The van der Waals surface area contributed by atoms with Crippen molar-refractivity contribution in [2.75, 3.05) is 13.7 Å². The Morgan fingerprint density at radius 3 is 2.37 bits per heavy atom. The first-order chi connectivity index (χ1) is 12.6. The molecular weight excluding hydrogens is 336 g/mol. The van der Waals surface area contributed by atoms with Crippen LogP contribution >= 0.6 is 0 Å². The summed E-state index contributed by atoms with van der Waals surface area (Å²) in [5, 5.41) is 22.5. The summed E-state index contributed by atoms with van der Waals surface area (Å²) in [6.07, 6.45) is 9.76. The van der Waals surface area contributed by atoms with E-state index < -0.39 is 11.2 Å². The highest BCUT2D eigenvalue weighted by Gasteiger charge is 2.65. The van der Waals surface area contributed by atoms with Crippen LogP contribution in [-0.2, 0) is 4.74 Å². The Balaban J connectivity index is 1.59. The lowest BCUT2D eigenvalue weighted by Gasteiger charge is -2.62. The van der Waals surface area contributed by atoms with Gasteiger partial charge in [0.25, 0.3) is 0 Å². The van der Waals surface area contributed by atoms with Gasteiger partial charge < -0.3 is 14.9 Å². The average molecular weight is 377 g/mol. The summed E-state index contributed by atoms with van der Waals surface area (Å²) in [6, 6.07) is 0. The number of hydrogen-bond acceptors (Lipinski definition) is 3. The number of aliphatic hydroxyl groups is 2. The monoisotopic (exact) mass is 376 g/mol. The van der Waals surface area contributed by atoms with Crippen LogP contribution in [-0.4, -0.2) is 35.1 Å². The third-order valence-corrected chi connectivity index (χ3v) is 10.1. The molecule has 27 heavy (non-hydrogen) atoms. The first-order valence-electron chi connectivity index (χ1n) is 11.2. The molecule has 2 N–H and O–H groups in total. The van der Waals surface area contributed by atoms with Crippen molar-refractivity contribution in [1.82, 2.24) is 0 Å². The molecule has 4 aliphatic carbocycles. The molecule has 0 bridgehead atoms. The maximum Gasteiger partial charge on any atom is 0.0907 e. The Kier molecular flexibility index (Phi) is 4.65. The zero-order chi connectivity index (χ0) is 19.7. The molecule has 0 aliphatic heterocycles. The molecule has 4 fully saturated rings. The van der Waals surface area contributed by atoms with Crippen LogP contribution in [0.4, 0.5) is 0 Å². The van der Waals surface area contributed by atoms with E-state index in [1.54, 1.807) is 7.11 Å². The molecule has 0 aromatic heterocycles. The number of fused-ring (bicyclic) bond motifs is 5. The van der Waals surface area contributed by atoms with E-state index in [0.717, 1.165) is 55.9 Å². The first kappa shape index (κ1) is 19.9. The lowest BCUT2D eigenvalue weighted by atomic mass is 9.43. The molecule has 154 valence electrons. The molecule has 0 heterocycles. The van der Waals surface area contributed by atoms with Gasteiger partial charge in [-0.05, 0) is 99.4 Å². The van der Waals surface area contributed by atoms with Crippen molar-refractivity contribution in [3.05, 3.63) is 12.2 Å². The van der Waals surface area contributed by atoms with Gasteiger partial charge in [0.15, 0.2) is 0 Å². The molecule has 4 rings (SSSR count). The second-order valence-corrected chi connectivity index (χ2v) is 11.2. The maximum absolute atomic E-state index is 11.5. The highest BCUT2D eigenvalue weighted by atomic mass is 16.5. The molecule has 0 aromatic rings. The molecule has 8 atom stereocenters. The van der Waals surface area contributed by atoms with E-state index in [2.05, 4.69) is 20.4 Å². The van der Waals surface area contributed by atoms with Crippen LogP contribution in [0.3, 0.4) is 0 Å². The smallest absolute Gasteiger partial charge is 0.0907 e. The van der Waals surface area contributed by atoms with Crippen LogP contribution in [0.1, 0.15) is 78.6 Å². The van der Waals surface area contributed by atoms with E-state index in [0.29, 0.717) is 23.9 Å². The minimum atomic E-state index is -0.675. The number of rotatable bonds is 3. The second kappa shape index (κ2) is 6.31. The van der Waals surface area contributed by atoms with Crippen molar-refractivity contribution in [3.63, 3.8) is 0 Å². The SMILES string of the molecule is C=C(C)C1(O)CCC2[C@@H]3CC[C@@H]4C[C@@](O)(COC)CC[C@]4(C)C3CC[C@@]21C. The fraction of sp³-hybridized carbons (Fsp3) is 0.917. The van der Waals surface area contributed by atoms with Gasteiger partial charge in [0, 0.05) is 12.5 Å². The predicted molar refractivity (Wildman–Crippen MR) is 108 cm³/mol. The van der Waals surface area contributed by atoms with Gasteiger partial charge in [0.1, 0.15) is 0 Å². The summed E-state index contributed by atoms with van der Waals surface area (Å²) in [7, 11) is 1.70. The molecular formula is C24H40O3. The largest absolute Gasteiger partial charge is 0.387 e. The van der Waals surface area contributed by atoms with Crippen LogP contribution in [0.2, 0.25) is 0 Å². The summed E-state index contributed by atoms with van der Waals surface area (Å²) in [4.78, 5) is 0. The maximum atomic E-state index is 11.5. The first-order valence-corrected chi connectivity index (χ1v) is 11.2. The van der Waals surface area contributed by atoms with Gasteiger partial charge in [-0.1, -0.05) is 20.4 Å². The zero-order valence-electron chi connectivity index (χ0n) is 17.9. The van der Waals surface area contributed by atoms with E-state index in [4.69, 9.17) is 4.74 Å². The molecule has 3 unspecified atom stereocenters. The lowest BCUT2D eigenvalue weighted by Crippen LogP contribution is -2.58. The fourth-order valence-electron chi connectivity index (χ4n) is 8.44. The Labute approximate surface area is 165 Å². The second-order valence-electron chi connectivity index (χ2n) is 11.2. The molecule has 0 saturated heterocycles. The summed E-state index contributed by atoms with van der Waals surface area (Å²) in [5.74, 6) is 2.70. The van der Waals surface area contributed by atoms with Crippen LogP contribution in [0.5, 0.6) is 0 Å². The topological polar surface area (TPSA) is 49.7 Å². The van der Waals surface area contributed by atoms with Crippen LogP contribution in [0, 0.1) is 34.5 Å². The Morgan fingerprint density at radius 1 is 1.00 bits per heavy atom. The molecule has 0 amide bonds. The number of methoxy groups -OCH3 is 1. The third kappa shape index (κ3) is 2.64. The van der Waals surface area contributed by atoms with Gasteiger partial charge in [-0.3, -0.25) is 0 Å². The van der Waals surface area contributed by atoms with Crippen molar-refractivity contribution in [2.24, 2.45) is 34.5 Å². The molecule has 0 spiro atoms. The van der Waals surface area contributed by atoms with Gasteiger partial charge >= 0.3 is 0 Å². The quantitative estimate of drug-likeness (QED) is 0.701. The minimum absolute atomic E-state index is 0.00531. The molecule has 4 aliphatic rings. The van der Waals surface area contributed by atoms with Gasteiger partial charge in [0.05, 0.1) is 17.8 Å². The Morgan fingerprint density at radius 2 is 1.70 bits per heavy atom. The van der Waals surface area contributed by atoms with Gasteiger partial charge in [-0.15, -0.1) is 0 Å². The van der Waals surface area contributed by atoms with Gasteiger partial charge in [-0.25, -0.2) is 0 Å². The minimum Gasteiger partial charge on any atom is -0.387 e. The third-order valence-electron chi connectivity index (χ3n) is 10.1. The van der Waals surface area contributed by atoms with E-state index in [-0.39, 0.29) is 5.41 Å². The summed E-state index contributed by atoms with van der Waals surface area (Å²) < 4.78 is 5.33. The molecule has 0 radical (unpaired) electrons. The molecule has 4 saturated carbocycles. The summed E-state index contributed by atoms with van der Waals surface area (Å²) in [5.41, 5.74) is 0.00454. The van der Waals surface area contributed by atoms with E-state index in [1.165, 1.54) is 19.3 Å². The van der Waals surface area contributed by atoms with E-state index >= 15 is 0 Å². The van der Waals surface area contributed by atoms with Crippen molar-refractivity contribution in [2.45, 2.75) is 89.8 Å². The number of ether oxygens (including phenoxy) is 1. The highest BCUT2D eigenvalue weighted by Crippen LogP contribution is 2.69. The highest BCUT2D eigenvalue weighted by molar-refractivity contribution is 5.24. The number of hydrogen-bond donors (Lipinski definition) is 2. The standard InChI is InChI=1S/C24H40O3/c1-16(2)24(26)11-9-20-18-7-6-17-14-23(25,15-27-5)13-12-21(17,3)19(18)8-10-22(20,24)4/h17-20,25-26H,1,6-15H2,2-5H3/t17-,18-,19?,20?,21+,22+,23-,24?/m1/s1. The fourth-order valence-corrected chi connectivity index (χ4v) is 8.44. The normalized spacial score (nSPS) is 54.7. The molecule has 3 heteroatoms. The van der Waals surface area contributed by atoms with Crippen LogP contribution < -0.4 is 0 Å². The van der Waals surface area contributed by atoms with E-state index in [1.807, 2.05) is 6.92 Å². The molecule has 0 aromatic carbocycles.